The third kappa shape index (κ3) is 3.20. The summed E-state index contributed by atoms with van der Waals surface area (Å²) >= 11 is 3.38. The van der Waals surface area contributed by atoms with Crippen LogP contribution in [0, 0.1) is 5.82 Å². The molecule has 0 saturated heterocycles. The lowest BCUT2D eigenvalue weighted by Crippen LogP contribution is -2.13. The Bertz CT molecular complexity index is 340. The van der Waals surface area contributed by atoms with E-state index >= 15 is 0 Å². The van der Waals surface area contributed by atoms with Crippen LogP contribution < -0.4 is 5.84 Å². The molecule has 5 heteroatoms. The van der Waals surface area contributed by atoms with Crippen molar-refractivity contribution in [2.75, 3.05) is 6.61 Å². The van der Waals surface area contributed by atoms with Gasteiger partial charge in [-0.2, -0.15) is 0 Å². The lowest BCUT2D eigenvalue weighted by molar-refractivity contribution is 0.318. The van der Waals surface area contributed by atoms with Crippen molar-refractivity contribution in [1.29, 1.82) is 0 Å². The van der Waals surface area contributed by atoms with E-state index in [0.29, 0.717) is 12.5 Å². The maximum atomic E-state index is 12.7. The topological polar surface area (TPSA) is 47.6 Å². The highest BCUT2D eigenvalue weighted by Crippen LogP contribution is 2.24. The fourth-order valence-electron chi connectivity index (χ4n) is 1.10. The molecule has 15 heavy (non-hydrogen) atoms. The van der Waals surface area contributed by atoms with Gasteiger partial charge in [0.2, 0.25) is 5.90 Å². The predicted octanol–water partition coefficient (Wildman–Crippen LogP) is 2.57. The molecule has 2 N–H and O–H groups in total. The van der Waals surface area contributed by atoms with Gasteiger partial charge in [-0.25, -0.2) is 4.39 Å². The van der Waals surface area contributed by atoms with Crippen molar-refractivity contribution in [3.05, 3.63) is 35.6 Å². The van der Waals surface area contributed by atoms with Gasteiger partial charge in [-0.15, -0.1) is 5.10 Å². The monoisotopic (exact) mass is 274 g/mol. The molecule has 0 heterocycles. The van der Waals surface area contributed by atoms with Gasteiger partial charge < -0.3 is 10.6 Å². The summed E-state index contributed by atoms with van der Waals surface area (Å²) in [4.78, 5) is -0.247. The Kier molecular flexibility index (Phi) is 4.55. The van der Waals surface area contributed by atoms with E-state index < -0.39 is 0 Å². The molecular formula is C10H12BrFN2O. The van der Waals surface area contributed by atoms with Crippen LogP contribution in [-0.2, 0) is 4.74 Å². The summed E-state index contributed by atoms with van der Waals surface area (Å²) in [7, 11) is 0. The lowest BCUT2D eigenvalue weighted by atomic mass is 10.1. The number of nitrogens with two attached hydrogens (primary N) is 1. The largest absolute Gasteiger partial charge is 0.479 e. The van der Waals surface area contributed by atoms with E-state index in [4.69, 9.17) is 10.6 Å². The third-order valence-corrected chi connectivity index (χ3v) is 2.72. The van der Waals surface area contributed by atoms with Gasteiger partial charge in [0.15, 0.2) is 0 Å². The number of nitrogens with zero attached hydrogens (tertiary/aromatic N) is 1. The van der Waals surface area contributed by atoms with E-state index in [1.54, 1.807) is 12.1 Å². The van der Waals surface area contributed by atoms with E-state index in [2.05, 4.69) is 21.0 Å². The van der Waals surface area contributed by atoms with Crippen LogP contribution in [0.4, 0.5) is 4.39 Å². The van der Waals surface area contributed by atoms with Crippen LogP contribution in [0.3, 0.4) is 0 Å². The second-order valence-corrected chi connectivity index (χ2v) is 3.73. The Hall–Kier alpha value is -1.10. The highest BCUT2D eigenvalue weighted by Gasteiger charge is 2.15. The third-order valence-electron chi connectivity index (χ3n) is 1.80. The van der Waals surface area contributed by atoms with Crippen LogP contribution in [0.25, 0.3) is 0 Å². The minimum absolute atomic E-state index is 0.247. The Morgan fingerprint density at radius 2 is 2.13 bits per heavy atom. The fourth-order valence-corrected chi connectivity index (χ4v) is 1.65. The Labute approximate surface area is 96.2 Å². The average Bonchev–Trinajstić information content (AvgIpc) is 2.26. The van der Waals surface area contributed by atoms with Gasteiger partial charge >= 0.3 is 0 Å². The van der Waals surface area contributed by atoms with Crippen LogP contribution in [0.5, 0.6) is 0 Å². The van der Waals surface area contributed by atoms with Gasteiger partial charge in [0.1, 0.15) is 10.6 Å². The fraction of sp³-hybridized carbons (Fsp3) is 0.300. The first-order valence-corrected chi connectivity index (χ1v) is 5.40. The highest BCUT2D eigenvalue weighted by atomic mass is 79.9. The highest BCUT2D eigenvalue weighted by molar-refractivity contribution is 9.09. The smallest absolute Gasteiger partial charge is 0.223 e. The molecule has 0 spiro atoms. The number of hydrogen-bond acceptors (Lipinski definition) is 3. The maximum absolute atomic E-state index is 12.7. The summed E-state index contributed by atoms with van der Waals surface area (Å²) in [6, 6.07) is 6.06. The van der Waals surface area contributed by atoms with Crippen molar-refractivity contribution < 1.29 is 9.13 Å². The van der Waals surface area contributed by atoms with E-state index in [1.807, 2.05) is 6.92 Å². The summed E-state index contributed by atoms with van der Waals surface area (Å²) < 4.78 is 17.9. The van der Waals surface area contributed by atoms with Crippen LogP contribution in [0.1, 0.15) is 17.3 Å². The molecule has 1 atom stereocenters. The van der Waals surface area contributed by atoms with Crippen LogP contribution >= 0.6 is 15.9 Å². The molecule has 0 amide bonds. The molecule has 0 aliphatic carbocycles. The number of hydrogen-bond donors (Lipinski definition) is 1. The van der Waals surface area contributed by atoms with Crippen LogP contribution in [-0.4, -0.2) is 12.5 Å². The summed E-state index contributed by atoms with van der Waals surface area (Å²) in [6.07, 6.45) is 0. The van der Waals surface area contributed by atoms with Gasteiger partial charge in [-0.1, -0.05) is 28.1 Å². The first kappa shape index (κ1) is 12.0. The molecule has 0 saturated carbocycles. The van der Waals surface area contributed by atoms with E-state index in [0.717, 1.165) is 5.56 Å². The number of hydrazone groups is 1. The number of ether oxygens (including phenoxy) is 1. The van der Waals surface area contributed by atoms with Gasteiger partial charge in [0.05, 0.1) is 6.61 Å². The van der Waals surface area contributed by atoms with Gasteiger partial charge in [-0.05, 0) is 24.6 Å². The Morgan fingerprint density at radius 3 is 2.60 bits per heavy atom. The summed E-state index contributed by atoms with van der Waals surface area (Å²) in [5.41, 5.74) is 0.842. The van der Waals surface area contributed by atoms with Crippen molar-refractivity contribution >= 4 is 21.8 Å². The normalized spacial score (nSPS) is 13.7. The van der Waals surface area contributed by atoms with Gasteiger partial charge in [-0.3, -0.25) is 0 Å². The second-order valence-electron chi connectivity index (χ2n) is 2.81. The van der Waals surface area contributed by atoms with Crippen molar-refractivity contribution in [3.8, 4) is 0 Å². The van der Waals surface area contributed by atoms with Crippen molar-refractivity contribution in [2.45, 2.75) is 11.8 Å². The zero-order valence-corrected chi connectivity index (χ0v) is 9.87. The number of rotatable bonds is 3. The zero-order chi connectivity index (χ0) is 11.3. The molecule has 0 fully saturated rings. The van der Waals surface area contributed by atoms with Gasteiger partial charge in [0, 0.05) is 0 Å². The first-order chi connectivity index (χ1) is 7.19. The Morgan fingerprint density at radius 1 is 1.53 bits per heavy atom. The summed E-state index contributed by atoms with van der Waals surface area (Å²) in [5, 5.41) is 3.53. The van der Waals surface area contributed by atoms with Crippen molar-refractivity contribution in [3.63, 3.8) is 0 Å². The minimum Gasteiger partial charge on any atom is -0.479 e. The number of benzene rings is 1. The zero-order valence-electron chi connectivity index (χ0n) is 8.28. The van der Waals surface area contributed by atoms with E-state index in [1.165, 1.54) is 12.1 Å². The lowest BCUT2D eigenvalue weighted by Gasteiger charge is -2.12. The second kappa shape index (κ2) is 5.70. The standard InChI is InChI=1S/C10H12BrFN2O/c1-2-15-10(14-13)9(11)7-3-5-8(12)6-4-7/h3-6,9H,2,13H2,1H3/b14-10-. The maximum Gasteiger partial charge on any atom is 0.223 e. The Balaban J connectivity index is 2.83. The quantitative estimate of drug-likeness (QED) is 0.303. The molecule has 1 aromatic carbocycles. The summed E-state index contributed by atoms with van der Waals surface area (Å²) in [6.45, 7) is 2.33. The van der Waals surface area contributed by atoms with Gasteiger partial charge in [0.25, 0.3) is 0 Å². The predicted molar refractivity (Wildman–Crippen MR) is 61.3 cm³/mol. The van der Waals surface area contributed by atoms with E-state index in [9.17, 15) is 4.39 Å². The number of alkyl halides is 1. The van der Waals surface area contributed by atoms with E-state index in [-0.39, 0.29) is 10.6 Å². The molecule has 1 aromatic rings. The molecule has 0 aromatic heterocycles. The first-order valence-electron chi connectivity index (χ1n) is 4.49. The SMILES string of the molecule is CCO/C(=N\N)C(Br)c1ccc(F)cc1. The molecule has 1 rings (SSSR count). The van der Waals surface area contributed by atoms with Crippen LogP contribution in [0.15, 0.2) is 29.4 Å². The van der Waals surface area contributed by atoms with Crippen LogP contribution in [0.2, 0.25) is 0 Å². The average molecular weight is 275 g/mol. The molecule has 0 aliphatic rings. The van der Waals surface area contributed by atoms with Crippen molar-refractivity contribution in [1.82, 2.24) is 0 Å². The molecule has 3 nitrogen and oxygen atoms in total. The molecule has 1 unspecified atom stereocenters. The minimum atomic E-state index is -0.277. The molecule has 0 aliphatic heterocycles. The molecule has 0 radical (unpaired) electrons. The molecular weight excluding hydrogens is 263 g/mol. The summed E-state index contributed by atoms with van der Waals surface area (Å²) in [5.74, 6) is 5.29. The van der Waals surface area contributed by atoms with Crippen molar-refractivity contribution in [2.24, 2.45) is 10.9 Å². The number of halogens is 2. The molecule has 0 bridgehead atoms. The molecule has 82 valence electrons.